The van der Waals surface area contributed by atoms with Gasteiger partial charge in [0.2, 0.25) is 5.13 Å². The number of Topliss-reactive ketones (excluding diaryl/α,β-unsaturated/α-hetero) is 1. The SMILES string of the molecule is C=CCOc1ccc(C2/C(=C(/O)c3ccc(C)cc3)C(=O)C(=O)N2c2nnc(SCc3ccc(Cl)cc3)s2)cc1. The van der Waals surface area contributed by atoms with Crippen molar-refractivity contribution in [2.24, 2.45) is 0 Å². The normalized spacial score (nSPS) is 16.4. The fourth-order valence-corrected chi connectivity index (χ4v) is 6.15. The number of carbonyl (C=O) groups excluding carboxylic acids is 2. The van der Waals surface area contributed by atoms with Crippen LogP contribution in [0.5, 0.6) is 5.75 Å². The maximum Gasteiger partial charge on any atom is 0.301 e. The lowest BCUT2D eigenvalue weighted by Crippen LogP contribution is -2.29. The van der Waals surface area contributed by atoms with Crippen molar-refractivity contribution >= 4 is 57.3 Å². The molecular weight excluding hydrogens is 566 g/mol. The molecule has 1 aliphatic heterocycles. The van der Waals surface area contributed by atoms with Crippen molar-refractivity contribution in [3.8, 4) is 5.75 Å². The molecule has 0 aliphatic carbocycles. The minimum Gasteiger partial charge on any atom is -0.507 e. The van der Waals surface area contributed by atoms with Gasteiger partial charge in [-0.05, 0) is 42.3 Å². The van der Waals surface area contributed by atoms with Crippen molar-refractivity contribution in [1.82, 2.24) is 10.2 Å². The van der Waals surface area contributed by atoms with Crippen LogP contribution in [0.1, 0.15) is 28.3 Å². The van der Waals surface area contributed by atoms with Gasteiger partial charge in [0, 0.05) is 16.3 Å². The summed E-state index contributed by atoms with van der Waals surface area (Å²) in [6.07, 6.45) is 1.64. The van der Waals surface area contributed by atoms with Crippen molar-refractivity contribution in [3.05, 3.63) is 118 Å². The zero-order chi connectivity index (χ0) is 28.2. The van der Waals surface area contributed by atoms with E-state index in [1.807, 2.05) is 43.3 Å². The second kappa shape index (κ2) is 12.1. The van der Waals surface area contributed by atoms with Crippen LogP contribution >= 0.6 is 34.7 Å². The second-order valence-corrected chi connectivity index (χ2v) is 11.6. The number of ether oxygens (including phenoxy) is 1. The molecule has 0 radical (unpaired) electrons. The Hall–Kier alpha value is -3.92. The summed E-state index contributed by atoms with van der Waals surface area (Å²) < 4.78 is 6.23. The maximum absolute atomic E-state index is 13.4. The average Bonchev–Trinajstić information content (AvgIpc) is 3.54. The van der Waals surface area contributed by atoms with Gasteiger partial charge in [-0.2, -0.15) is 0 Å². The number of aliphatic hydroxyl groups is 1. The summed E-state index contributed by atoms with van der Waals surface area (Å²) in [5.74, 6) is -0.583. The molecule has 3 aromatic carbocycles. The fourth-order valence-electron chi connectivity index (χ4n) is 4.20. The Labute approximate surface area is 244 Å². The van der Waals surface area contributed by atoms with Gasteiger partial charge >= 0.3 is 5.91 Å². The number of aromatic nitrogens is 2. The van der Waals surface area contributed by atoms with Crippen LogP contribution in [0, 0.1) is 6.92 Å². The standard InChI is InChI=1S/C30H24ClN3O4S2/c1-3-16-38-23-14-10-20(11-15-23)25-24(26(35)21-8-4-18(2)5-9-21)27(36)28(37)34(25)29-32-33-30(40-29)39-17-19-6-12-22(31)13-7-19/h3-15,25,35H,1,16-17H2,2H3/b26-24-. The molecular formula is C30H24ClN3O4S2. The molecule has 1 fully saturated rings. The lowest BCUT2D eigenvalue weighted by Gasteiger charge is -2.22. The number of carbonyl (C=O) groups is 2. The molecule has 5 rings (SSSR count). The van der Waals surface area contributed by atoms with Crippen LogP contribution in [0.2, 0.25) is 5.02 Å². The number of rotatable bonds is 9. The van der Waals surface area contributed by atoms with Crippen LogP contribution in [0.3, 0.4) is 0 Å². The molecule has 1 amide bonds. The summed E-state index contributed by atoms with van der Waals surface area (Å²) in [6, 6.07) is 20.7. The van der Waals surface area contributed by atoms with Crippen LogP contribution < -0.4 is 9.64 Å². The third-order valence-corrected chi connectivity index (χ3v) is 8.59. The summed E-state index contributed by atoms with van der Waals surface area (Å²) in [6.45, 7) is 5.92. The molecule has 1 N–H and O–H groups in total. The average molecular weight is 590 g/mol. The second-order valence-electron chi connectivity index (χ2n) is 8.97. The fraction of sp³-hybridized carbons (Fsp3) is 0.133. The Morgan fingerprint density at radius 1 is 1.07 bits per heavy atom. The number of amides is 1. The van der Waals surface area contributed by atoms with Crippen molar-refractivity contribution in [2.45, 2.75) is 23.1 Å². The predicted octanol–water partition coefficient (Wildman–Crippen LogP) is 6.98. The van der Waals surface area contributed by atoms with Gasteiger partial charge < -0.3 is 9.84 Å². The molecule has 1 aromatic heterocycles. The van der Waals surface area contributed by atoms with Crippen LogP contribution in [-0.2, 0) is 15.3 Å². The first-order valence-corrected chi connectivity index (χ1v) is 14.5. The molecule has 7 nitrogen and oxygen atoms in total. The van der Waals surface area contributed by atoms with Crippen molar-refractivity contribution in [3.63, 3.8) is 0 Å². The van der Waals surface area contributed by atoms with Crippen LogP contribution in [0.15, 0.2) is 95.4 Å². The Kier molecular flexibility index (Phi) is 8.35. The molecule has 4 aromatic rings. The molecule has 2 heterocycles. The summed E-state index contributed by atoms with van der Waals surface area (Å²) in [5, 5.41) is 20.7. The first-order chi connectivity index (χ1) is 19.4. The van der Waals surface area contributed by atoms with E-state index in [0.29, 0.717) is 38.6 Å². The van der Waals surface area contributed by atoms with Gasteiger partial charge in [0.25, 0.3) is 5.78 Å². The Morgan fingerprint density at radius 3 is 2.45 bits per heavy atom. The topological polar surface area (TPSA) is 92.6 Å². The van der Waals surface area contributed by atoms with E-state index in [4.69, 9.17) is 16.3 Å². The number of hydrogen-bond donors (Lipinski definition) is 1. The van der Waals surface area contributed by atoms with Gasteiger partial charge in [0.1, 0.15) is 18.1 Å². The molecule has 1 aliphatic rings. The molecule has 202 valence electrons. The number of benzene rings is 3. The minimum atomic E-state index is -0.906. The van der Waals surface area contributed by atoms with E-state index in [-0.39, 0.29) is 16.5 Å². The third kappa shape index (κ3) is 5.82. The lowest BCUT2D eigenvalue weighted by molar-refractivity contribution is -0.132. The highest BCUT2D eigenvalue weighted by atomic mass is 35.5. The monoisotopic (exact) mass is 589 g/mol. The first-order valence-electron chi connectivity index (χ1n) is 12.3. The van der Waals surface area contributed by atoms with Gasteiger partial charge in [-0.15, -0.1) is 10.2 Å². The number of thioether (sulfide) groups is 1. The number of anilines is 1. The van der Waals surface area contributed by atoms with E-state index in [1.165, 1.54) is 28.0 Å². The van der Waals surface area contributed by atoms with E-state index in [9.17, 15) is 14.7 Å². The highest BCUT2D eigenvalue weighted by Crippen LogP contribution is 2.44. The molecule has 40 heavy (non-hydrogen) atoms. The lowest BCUT2D eigenvalue weighted by atomic mass is 9.95. The van der Waals surface area contributed by atoms with E-state index < -0.39 is 17.7 Å². The Bertz CT molecular complexity index is 1580. The number of hydrogen-bond acceptors (Lipinski definition) is 8. The smallest absolute Gasteiger partial charge is 0.301 e. The van der Waals surface area contributed by atoms with Crippen LogP contribution in [0.4, 0.5) is 5.13 Å². The molecule has 0 spiro atoms. The third-order valence-electron chi connectivity index (χ3n) is 6.21. The zero-order valence-corrected chi connectivity index (χ0v) is 23.8. The summed E-state index contributed by atoms with van der Waals surface area (Å²) >= 11 is 8.66. The number of ketones is 1. The molecule has 1 unspecified atom stereocenters. The van der Waals surface area contributed by atoms with Gasteiger partial charge in [0.15, 0.2) is 4.34 Å². The van der Waals surface area contributed by atoms with E-state index in [0.717, 1.165) is 11.1 Å². The Morgan fingerprint density at radius 2 is 1.77 bits per heavy atom. The van der Waals surface area contributed by atoms with Crippen molar-refractivity contribution in [2.75, 3.05) is 11.5 Å². The van der Waals surface area contributed by atoms with Crippen molar-refractivity contribution in [1.29, 1.82) is 0 Å². The number of aryl methyl sites for hydroxylation is 1. The van der Waals surface area contributed by atoms with Gasteiger partial charge in [-0.3, -0.25) is 14.5 Å². The quantitative estimate of drug-likeness (QED) is 0.0562. The molecule has 1 saturated heterocycles. The van der Waals surface area contributed by atoms with E-state index >= 15 is 0 Å². The molecule has 0 bridgehead atoms. The largest absolute Gasteiger partial charge is 0.507 e. The predicted molar refractivity (Wildman–Crippen MR) is 159 cm³/mol. The first kappa shape index (κ1) is 27.6. The molecule has 10 heteroatoms. The van der Waals surface area contributed by atoms with E-state index in [1.54, 1.807) is 42.5 Å². The minimum absolute atomic E-state index is 0.0146. The highest BCUT2D eigenvalue weighted by Gasteiger charge is 2.48. The van der Waals surface area contributed by atoms with E-state index in [2.05, 4.69) is 16.8 Å². The number of halogens is 1. The number of nitrogens with zero attached hydrogens (tertiary/aromatic N) is 3. The summed E-state index contributed by atoms with van der Waals surface area (Å²) in [5.41, 5.74) is 3.10. The van der Waals surface area contributed by atoms with Gasteiger partial charge in [-0.25, -0.2) is 0 Å². The Balaban J connectivity index is 1.52. The van der Waals surface area contributed by atoms with Gasteiger partial charge in [-0.1, -0.05) is 101 Å². The highest BCUT2D eigenvalue weighted by molar-refractivity contribution is 8.00. The number of aliphatic hydroxyl groups excluding tert-OH is 1. The zero-order valence-electron chi connectivity index (χ0n) is 21.4. The molecule has 1 atom stereocenters. The van der Waals surface area contributed by atoms with Crippen LogP contribution in [0.25, 0.3) is 5.76 Å². The molecule has 0 saturated carbocycles. The van der Waals surface area contributed by atoms with Crippen molar-refractivity contribution < 1.29 is 19.4 Å². The van der Waals surface area contributed by atoms with Crippen LogP contribution in [-0.4, -0.2) is 33.6 Å². The summed E-state index contributed by atoms with van der Waals surface area (Å²) in [4.78, 5) is 28.1. The van der Waals surface area contributed by atoms with Gasteiger partial charge in [0.05, 0.1) is 11.6 Å². The maximum atomic E-state index is 13.4. The summed E-state index contributed by atoms with van der Waals surface area (Å²) in [7, 11) is 0.